The van der Waals surface area contributed by atoms with E-state index in [-0.39, 0.29) is 0 Å². The Morgan fingerprint density at radius 3 is 3.17 bits per heavy atom. The van der Waals surface area contributed by atoms with Gasteiger partial charge in [0.05, 0.1) is 6.10 Å². The van der Waals surface area contributed by atoms with Crippen LogP contribution in [0.25, 0.3) is 0 Å². The highest BCUT2D eigenvalue weighted by molar-refractivity contribution is 4.96. The molecule has 0 aromatic heterocycles. The summed E-state index contributed by atoms with van der Waals surface area (Å²) in [4.78, 5) is 0. The first-order valence-corrected chi connectivity index (χ1v) is 5.27. The van der Waals surface area contributed by atoms with Crippen molar-refractivity contribution in [1.29, 1.82) is 0 Å². The van der Waals surface area contributed by atoms with Crippen LogP contribution in [0.3, 0.4) is 0 Å². The largest absolute Gasteiger partial charge is 0.378 e. The Bertz CT molecular complexity index is 147. The first kappa shape index (κ1) is 8.52. The van der Waals surface area contributed by atoms with Crippen molar-refractivity contribution in [3.63, 3.8) is 0 Å². The van der Waals surface area contributed by atoms with Gasteiger partial charge in [0.2, 0.25) is 0 Å². The highest BCUT2D eigenvalue weighted by Gasteiger charge is 2.42. The molecule has 1 saturated carbocycles. The third-order valence-corrected chi connectivity index (χ3v) is 3.15. The van der Waals surface area contributed by atoms with Crippen LogP contribution < -0.4 is 5.32 Å². The molecular weight excluding hydrogens is 150 g/mol. The van der Waals surface area contributed by atoms with Crippen molar-refractivity contribution in [2.45, 2.75) is 44.8 Å². The molecule has 2 fully saturated rings. The predicted octanol–water partition coefficient (Wildman–Crippen LogP) is 1.55. The second-order valence-corrected chi connectivity index (χ2v) is 4.01. The lowest BCUT2D eigenvalue weighted by Gasteiger charge is -2.47. The molecule has 2 heteroatoms. The van der Waals surface area contributed by atoms with Gasteiger partial charge in [-0.1, -0.05) is 6.92 Å². The molecule has 0 aromatic carbocycles. The molecule has 1 aliphatic carbocycles. The number of nitrogens with one attached hydrogen (secondary N) is 1. The third-order valence-electron chi connectivity index (χ3n) is 3.15. The van der Waals surface area contributed by atoms with Crippen LogP contribution in [0.2, 0.25) is 0 Å². The van der Waals surface area contributed by atoms with E-state index in [9.17, 15) is 0 Å². The normalized spacial score (nSPS) is 40.2. The molecule has 1 heterocycles. The summed E-state index contributed by atoms with van der Waals surface area (Å²) in [6.45, 7) is 4.40. The summed E-state index contributed by atoms with van der Waals surface area (Å²) in [5, 5.41) is 3.59. The topological polar surface area (TPSA) is 21.3 Å². The first-order chi connectivity index (χ1) is 5.92. The monoisotopic (exact) mass is 169 g/mol. The molecule has 0 aromatic rings. The summed E-state index contributed by atoms with van der Waals surface area (Å²) >= 11 is 0. The fraction of sp³-hybridized carbons (Fsp3) is 1.00. The molecule has 0 spiro atoms. The first-order valence-electron chi connectivity index (χ1n) is 5.27. The highest BCUT2D eigenvalue weighted by atomic mass is 16.5. The second kappa shape index (κ2) is 3.75. The minimum absolute atomic E-state index is 0.605. The lowest BCUT2D eigenvalue weighted by atomic mass is 9.72. The maximum Gasteiger partial charge on any atom is 0.0633 e. The average molecular weight is 169 g/mol. The maximum atomic E-state index is 5.65. The van der Waals surface area contributed by atoms with Crippen molar-refractivity contribution in [3.05, 3.63) is 0 Å². The van der Waals surface area contributed by atoms with E-state index in [1.807, 2.05) is 0 Å². The van der Waals surface area contributed by atoms with Gasteiger partial charge >= 0.3 is 0 Å². The highest BCUT2D eigenvalue weighted by Crippen LogP contribution is 2.37. The van der Waals surface area contributed by atoms with E-state index < -0.39 is 0 Å². The molecular formula is C10H19NO. The van der Waals surface area contributed by atoms with Gasteiger partial charge in [-0.05, 0) is 32.2 Å². The van der Waals surface area contributed by atoms with Gasteiger partial charge in [0, 0.05) is 18.6 Å². The van der Waals surface area contributed by atoms with Gasteiger partial charge < -0.3 is 10.1 Å². The summed E-state index contributed by atoms with van der Waals surface area (Å²) < 4.78 is 5.65. The van der Waals surface area contributed by atoms with Crippen molar-refractivity contribution in [2.24, 2.45) is 5.92 Å². The van der Waals surface area contributed by atoms with Crippen LogP contribution in [0, 0.1) is 5.92 Å². The van der Waals surface area contributed by atoms with E-state index in [1.54, 1.807) is 0 Å². The van der Waals surface area contributed by atoms with Gasteiger partial charge in [-0.2, -0.15) is 0 Å². The van der Waals surface area contributed by atoms with Crippen molar-refractivity contribution in [1.82, 2.24) is 5.32 Å². The van der Waals surface area contributed by atoms with Gasteiger partial charge in [-0.3, -0.25) is 0 Å². The van der Waals surface area contributed by atoms with E-state index in [0.29, 0.717) is 6.10 Å². The Hall–Kier alpha value is -0.0800. The van der Waals surface area contributed by atoms with Crippen LogP contribution in [0.1, 0.15) is 32.6 Å². The molecule has 70 valence electrons. The summed E-state index contributed by atoms with van der Waals surface area (Å²) in [5.74, 6) is 0.838. The number of ether oxygens (including phenoxy) is 1. The van der Waals surface area contributed by atoms with Crippen LogP contribution in [0.5, 0.6) is 0 Å². The number of hydrogen-bond acceptors (Lipinski definition) is 2. The fourth-order valence-corrected chi connectivity index (χ4v) is 2.36. The minimum Gasteiger partial charge on any atom is -0.378 e. The van der Waals surface area contributed by atoms with Gasteiger partial charge in [-0.15, -0.1) is 0 Å². The zero-order valence-electron chi connectivity index (χ0n) is 7.88. The van der Waals surface area contributed by atoms with E-state index >= 15 is 0 Å². The summed E-state index contributed by atoms with van der Waals surface area (Å²) in [5.41, 5.74) is 0. The molecule has 1 saturated heterocycles. The summed E-state index contributed by atoms with van der Waals surface area (Å²) in [6.07, 6.45) is 5.75. The third kappa shape index (κ3) is 1.50. The fourth-order valence-electron chi connectivity index (χ4n) is 2.36. The Labute approximate surface area is 74.7 Å². The molecule has 3 unspecified atom stereocenters. The van der Waals surface area contributed by atoms with Crippen LogP contribution in [0.15, 0.2) is 0 Å². The van der Waals surface area contributed by atoms with Crippen molar-refractivity contribution in [2.75, 3.05) is 13.2 Å². The van der Waals surface area contributed by atoms with E-state index in [0.717, 1.165) is 18.6 Å². The molecule has 1 N–H and O–H groups in total. The van der Waals surface area contributed by atoms with E-state index in [4.69, 9.17) is 4.74 Å². The molecule has 1 aliphatic heterocycles. The molecule has 0 radical (unpaired) electrons. The molecule has 0 amide bonds. The lowest BCUT2D eigenvalue weighted by Crippen LogP contribution is -2.56. The summed E-state index contributed by atoms with van der Waals surface area (Å²) in [6, 6.07) is 0.773. The Morgan fingerprint density at radius 2 is 2.42 bits per heavy atom. The Morgan fingerprint density at radius 1 is 1.50 bits per heavy atom. The molecule has 0 bridgehead atoms. The van der Waals surface area contributed by atoms with Gasteiger partial charge in [0.25, 0.3) is 0 Å². The van der Waals surface area contributed by atoms with Crippen LogP contribution in [-0.2, 0) is 4.74 Å². The van der Waals surface area contributed by atoms with Crippen molar-refractivity contribution >= 4 is 0 Å². The van der Waals surface area contributed by atoms with Crippen molar-refractivity contribution in [3.8, 4) is 0 Å². The predicted molar refractivity (Wildman–Crippen MR) is 49.2 cm³/mol. The Balaban J connectivity index is 1.73. The quantitative estimate of drug-likeness (QED) is 0.692. The van der Waals surface area contributed by atoms with Crippen LogP contribution in [0.4, 0.5) is 0 Å². The zero-order valence-corrected chi connectivity index (χ0v) is 7.88. The zero-order chi connectivity index (χ0) is 8.39. The van der Waals surface area contributed by atoms with Crippen LogP contribution in [-0.4, -0.2) is 25.3 Å². The van der Waals surface area contributed by atoms with E-state index in [1.165, 1.54) is 32.2 Å². The SMILES string of the molecule is CCCNC1CC2OCCCC12. The standard InChI is InChI=1S/C10H19NO/c1-2-5-11-9-7-10-8(9)4-3-6-12-10/h8-11H,2-7H2,1H3. The molecule has 3 atom stereocenters. The van der Waals surface area contributed by atoms with Gasteiger partial charge in [0.1, 0.15) is 0 Å². The van der Waals surface area contributed by atoms with Gasteiger partial charge in [0.15, 0.2) is 0 Å². The number of rotatable bonds is 3. The molecule has 12 heavy (non-hydrogen) atoms. The van der Waals surface area contributed by atoms with Gasteiger partial charge in [-0.25, -0.2) is 0 Å². The maximum absolute atomic E-state index is 5.65. The summed E-state index contributed by atoms with van der Waals surface area (Å²) in [7, 11) is 0. The minimum atomic E-state index is 0.605. The molecule has 2 rings (SSSR count). The van der Waals surface area contributed by atoms with Crippen molar-refractivity contribution < 1.29 is 4.74 Å². The lowest BCUT2D eigenvalue weighted by molar-refractivity contribution is -0.103. The number of hydrogen-bond donors (Lipinski definition) is 1. The van der Waals surface area contributed by atoms with Crippen LogP contribution >= 0.6 is 0 Å². The smallest absolute Gasteiger partial charge is 0.0633 e. The average Bonchev–Trinajstić information content (AvgIpc) is 2.07. The van der Waals surface area contributed by atoms with E-state index in [2.05, 4.69) is 12.2 Å². The Kier molecular flexibility index (Phi) is 2.66. The molecule has 2 aliphatic rings. The second-order valence-electron chi connectivity index (χ2n) is 4.01. The number of fused-ring (bicyclic) bond motifs is 1. The molecule has 2 nitrogen and oxygen atoms in total.